The number of halogens is 3. The molecule has 0 aliphatic heterocycles. The molecule has 4 heteroatoms. The van der Waals surface area contributed by atoms with Gasteiger partial charge >= 0.3 is 150 Å². The SMILES string of the molecule is [Cl][Sn]([Cl])([Cl])[CH2]CCC(Cc1ccccc1)Cc1ccccc1. The van der Waals surface area contributed by atoms with Crippen molar-refractivity contribution in [2.75, 3.05) is 0 Å². The van der Waals surface area contributed by atoms with E-state index in [0.29, 0.717) is 5.92 Å². The maximum absolute atomic E-state index is 6.08. The molecular formula is C18H21Cl3Sn. The first-order chi connectivity index (χ1) is 10.5. The molecule has 2 rings (SSSR count). The quantitative estimate of drug-likeness (QED) is 0.392. The second-order valence-corrected chi connectivity index (χ2v) is 27.6. The van der Waals surface area contributed by atoms with E-state index < -0.39 is 15.0 Å². The first kappa shape index (κ1) is 18.4. The monoisotopic (exact) mass is 462 g/mol. The average molecular weight is 462 g/mol. The van der Waals surface area contributed by atoms with E-state index >= 15 is 0 Å². The van der Waals surface area contributed by atoms with Gasteiger partial charge in [0.15, 0.2) is 0 Å². The molecule has 0 amide bonds. The number of benzene rings is 2. The third-order valence-corrected chi connectivity index (χ3v) is 10.2. The van der Waals surface area contributed by atoms with E-state index in [1.54, 1.807) is 0 Å². The first-order valence-electron chi connectivity index (χ1n) is 7.67. The Kier molecular flexibility index (Phi) is 7.90. The average Bonchev–Trinajstić information content (AvgIpc) is 2.48. The van der Waals surface area contributed by atoms with Crippen LogP contribution in [-0.2, 0) is 12.8 Å². The summed E-state index contributed by atoms with van der Waals surface area (Å²) in [5.41, 5.74) is 2.78. The third-order valence-electron chi connectivity index (χ3n) is 3.81. The predicted octanol–water partition coefficient (Wildman–Crippen LogP) is 6.52. The predicted molar refractivity (Wildman–Crippen MR) is 101 cm³/mol. The molecular weight excluding hydrogens is 441 g/mol. The third kappa shape index (κ3) is 7.59. The summed E-state index contributed by atoms with van der Waals surface area (Å²) < 4.78 is 0.819. The van der Waals surface area contributed by atoms with Crippen LogP contribution >= 0.6 is 26.8 Å². The molecule has 0 aliphatic rings. The van der Waals surface area contributed by atoms with Crippen LogP contribution in [-0.4, -0.2) is 15.0 Å². The Bertz CT molecular complexity index is 496. The molecule has 0 spiro atoms. The van der Waals surface area contributed by atoms with Crippen molar-refractivity contribution in [1.82, 2.24) is 0 Å². The summed E-state index contributed by atoms with van der Waals surface area (Å²) >= 11 is -3.19. The minimum atomic E-state index is -3.19. The second kappa shape index (κ2) is 9.42. The fraction of sp³-hybridized carbons (Fsp3) is 0.333. The molecule has 2 aromatic rings. The van der Waals surface area contributed by atoms with Gasteiger partial charge in [0.1, 0.15) is 0 Å². The van der Waals surface area contributed by atoms with Crippen molar-refractivity contribution in [3.05, 3.63) is 71.8 Å². The van der Waals surface area contributed by atoms with Crippen molar-refractivity contribution < 1.29 is 0 Å². The van der Waals surface area contributed by atoms with Gasteiger partial charge in [0.25, 0.3) is 0 Å². The van der Waals surface area contributed by atoms with E-state index in [0.717, 1.165) is 30.1 Å². The summed E-state index contributed by atoms with van der Waals surface area (Å²) in [6, 6.07) is 21.3. The molecule has 2 aromatic carbocycles. The summed E-state index contributed by atoms with van der Waals surface area (Å²) in [6.45, 7) is 0. The fourth-order valence-electron chi connectivity index (χ4n) is 2.76. The van der Waals surface area contributed by atoms with Gasteiger partial charge in [-0.3, -0.25) is 0 Å². The van der Waals surface area contributed by atoms with Crippen LogP contribution in [0.3, 0.4) is 0 Å². The zero-order valence-corrected chi connectivity index (χ0v) is 17.6. The second-order valence-electron chi connectivity index (χ2n) is 5.75. The molecule has 118 valence electrons. The molecule has 0 fully saturated rings. The van der Waals surface area contributed by atoms with Crippen LogP contribution in [0.5, 0.6) is 0 Å². The molecule has 0 radical (unpaired) electrons. The molecule has 0 heterocycles. The molecule has 0 saturated carbocycles. The van der Waals surface area contributed by atoms with Crippen LogP contribution in [0.1, 0.15) is 24.0 Å². The van der Waals surface area contributed by atoms with Crippen molar-refractivity contribution in [3.63, 3.8) is 0 Å². The van der Waals surface area contributed by atoms with Gasteiger partial charge in [0, 0.05) is 0 Å². The van der Waals surface area contributed by atoms with Crippen molar-refractivity contribution >= 4 is 41.8 Å². The van der Waals surface area contributed by atoms with Crippen molar-refractivity contribution in [2.45, 2.75) is 30.1 Å². The van der Waals surface area contributed by atoms with Crippen molar-refractivity contribution in [2.24, 2.45) is 5.92 Å². The zero-order chi connectivity index (χ0) is 15.8. The summed E-state index contributed by atoms with van der Waals surface area (Å²) in [5.74, 6) is 0.600. The van der Waals surface area contributed by atoms with Crippen molar-refractivity contribution in [3.8, 4) is 0 Å². The van der Waals surface area contributed by atoms with E-state index in [-0.39, 0.29) is 0 Å². The Morgan fingerprint density at radius 1 is 0.727 bits per heavy atom. The van der Waals surface area contributed by atoms with Crippen LogP contribution in [0.2, 0.25) is 4.44 Å². The van der Waals surface area contributed by atoms with E-state index in [2.05, 4.69) is 60.7 Å². The standard InChI is InChI=1S/C18H21.3ClH.Sn/c1-2-9-18(14-16-10-5-3-6-11-16)15-17-12-7-4-8-13-17;;;;/h3-8,10-13,18H,1-2,9,14-15H2;3*1H;/q;;;;+3/p-3. The Hall–Kier alpha value is 0.109. The van der Waals surface area contributed by atoms with Crippen LogP contribution in [0, 0.1) is 5.92 Å². The summed E-state index contributed by atoms with van der Waals surface area (Å²) in [6.07, 6.45) is 4.32. The topological polar surface area (TPSA) is 0 Å². The Morgan fingerprint density at radius 2 is 1.18 bits per heavy atom. The van der Waals surface area contributed by atoms with Gasteiger partial charge in [-0.2, -0.15) is 0 Å². The summed E-state index contributed by atoms with van der Waals surface area (Å²) in [4.78, 5) is 0. The van der Waals surface area contributed by atoms with Gasteiger partial charge < -0.3 is 0 Å². The molecule has 0 nitrogen and oxygen atoms in total. The molecule has 0 N–H and O–H groups in total. The normalized spacial score (nSPS) is 11.8. The van der Waals surface area contributed by atoms with Crippen LogP contribution < -0.4 is 0 Å². The molecule has 0 aliphatic carbocycles. The number of hydrogen-bond donors (Lipinski definition) is 0. The summed E-state index contributed by atoms with van der Waals surface area (Å²) in [7, 11) is 18.2. The van der Waals surface area contributed by atoms with E-state index in [9.17, 15) is 0 Å². The molecule has 0 bridgehead atoms. The van der Waals surface area contributed by atoms with Crippen LogP contribution in [0.4, 0.5) is 0 Å². The fourth-order valence-corrected chi connectivity index (χ4v) is 7.18. The summed E-state index contributed by atoms with van der Waals surface area (Å²) in [5, 5.41) is 0. The molecule has 0 unspecified atom stereocenters. The van der Waals surface area contributed by atoms with Gasteiger partial charge in [-0.05, 0) is 0 Å². The van der Waals surface area contributed by atoms with Gasteiger partial charge in [0.05, 0.1) is 0 Å². The van der Waals surface area contributed by atoms with Crippen LogP contribution in [0.15, 0.2) is 60.7 Å². The molecule has 0 atom stereocenters. The first-order valence-corrected chi connectivity index (χ1v) is 20.5. The van der Waals surface area contributed by atoms with E-state index in [1.165, 1.54) is 11.1 Å². The molecule has 22 heavy (non-hydrogen) atoms. The Labute approximate surface area is 148 Å². The van der Waals surface area contributed by atoms with Gasteiger partial charge in [-0.25, -0.2) is 0 Å². The zero-order valence-electron chi connectivity index (χ0n) is 12.5. The van der Waals surface area contributed by atoms with Gasteiger partial charge in [-0.1, -0.05) is 0 Å². The number of rotatable bonds is 8. The van der Waals surface area contributed by atoms with Crippen molar-refractivity contribution in [1.29, 1.82) is 0 Å². The van der Waals surface area contributed by atoms with Gasteiger partial charge in [0.2, 0.25) is 0 Å². The van der Waals surface area contributed by atoms with E-state index in [4.69, 9.17) is 26.8 Å². The minimum absolute atomic E-state index is 0.600. The van der Waals surface area contributed by atoms with Gasteiger partial charge in [-0.15, -0.1) is 0 Å². The van der Waals surface area contributed by atoms with E-state index in [1.807, 2.05) is 0 Å². The van der Waals surface area contributed by atoms with Crippen LogP contribution in [0.25, 0.3) is 0 Å². The molecule has 0 saturated heterocycles. The molecule has 0 aromatic heterocycles. The Balaban J connectivity index is 1.97. The Morgan fingerprint density at radius 3 is 1.59 bits per heavy atom. The maximum atomic E-state index is 6.08. The number of hydrogen-bond acceptors (Lipinski definition) is 0.